The van der Waals surface area contributed by atoms with Crippen molar-refractivity contribution in [3.05, 3.63) is 131 Å². The molecule has 0 radical (unpaired) electrons. The van der Waals surface area contributed by atoms with Gasteiger partial charge < -0.3 is 9.15 Å². The summed E-state index contributed by atoms with van der Waals surface area (Å²) in [6.45, 7) is 0. The predicted octanol–water partition coefficient (Wildman–Crippen LogP) is 7.62. The molecular formula is C31H24BrNO4. The molecule has 6 heteroatoms. The number of anilines is 2. The van der Waals surface area contributed by atoms with Crippen LogP contribution in [0.5, 0.6) is 0 Å². The standard InChI is InChI=1S/C31H24BrNO4/c1-36-31(35)23-11-9-21(10-12-23)20-27(22-13-15-24(32)16-14-22)30(34)33(25-6-3-2-4-7-25)28-17-18-29-26(28)8-5-19-37-29/h2-19,27H,20H2,1H3. The van der Waals surface area contributed by atoms with Crippen molar-refractivity contribution in [2.24, 2.45) is 0 Å². The number of hydrogen-bond acceptors (Lipinski definition) is 4. The number of carbonyl (C=O) groups excluding carboxylic acids is 2. The van der Waals surface area contributed by atoms with Gasteiger partial charge in [-0.05, 0) is 78.2 Å². The maximum atomic E-state index is 14.5. The van der Waals surface area contributed by atoms with Gasteiger partial charge in [0.1, 0.15) is 5.76 Å². The van der Waals surface area contributed by atoms with Crippen LogP contribution in [-0.2, 0) is 16.0 Å². The van der Waals surface area contributed by atoms with Crippen LogP contribution in [-0.4, -0.2) is 19.0 Å². The molecule has 0 N–H and O–H groups in total. The number of rotatable bonds is 7. The van der Waals surface area contributed by atoms with E-state index in [0.717, 1.165) is 32.5 Å². The first-order valence-corrected chi connectivity index (χ1v) is 12.6. The van der Waals surface area contributed by atoms with Crippen LogP contribution in [0.4, 0.5) is 11.4 Å². The van der Waals surface area contributed by atoms with Crippen LogP contribution in [0.2, 0.25) is 0 Å². The molecule has 3 aromatic carbocycles. The van der Waals surface area contributed by atoms with Gasteiger partial charge in [0.05, 0.1) is 30.5 Å². The molecule has 37 heavy (non-hydrogen) atoms. The van der Waals surface area contributed by atoms with Gasteiger partial charge in [-0.2, -0.15) is 0 Å². The minimum atomic E-state index is -0.483. The van der Waals surface area contributed by atoms with Gasteiger partial charge in [0.25, 0.3) is 0 Å². The first kappa shape index (κ1) is 24.5. The molecule has 1 atom stereocenters. The Kier molecular flexibility index (Phi) is 7.19. The van der Waals surface area contributed by atoms with Crippen LogP contribution in [0.15, 0.2) is 118 Å². The van der Waals surface area contributed by atoms with Crippen molar-refractivity contribution in [2.75, 3.05) is 12.0 Å². The first-order valence-electron chi connectivity index (χ1n) is 11.8. The second kappa shape index (κ2) is 10.8. The first-order chi connectivity index (χ1) is 18.0. The van der Waals surface area contributed by atoms with Crippen LogP contribution < -0.4 is 4.90 Å². The molecule has 0 saturated carbocycles. The summed E-state index contributed by atoms with van der Waals surface area (Å²) in [6.07, 6.45) is 2.08. The second-order valence-corrected chi connectivity index (χ2v) is 9.53. The number of halogens is 1. The highest BCUT2D eigenvalue weighted by Gasteiger charge is 2.31. The lowest BCUT2D eigenvalue weighted by Crippen LogP contribution is -2.32. The van der Waals surface area contributed by atoms with Crippen LogP contribution >= 0.6 is 15.9 Å². The molecule has 0 bridgehead atoms. The molecule has 184 valence electrons. The number of nitrogens with zero attached hydrogens (tertiary/aromatic N) is 1. The van der Waals surface area contributed by atoms with Crippen molar-refractivity contribution in [1.82, 2.24) is 0 Å². The third kappa shape index (κ3) is 5.20. The number of carbonyl (C=O) groups is 2. The number of fused-ring (bicyclic) bond motifs is 1. The van der Waals surface area contributed by atoms with Gasteiger partial charge in [-0.3, -0.25) is 9.69 Å². The highest BCUT2D eigenvalue weighted by Crippen LogP contribution is 2.40. The van der Waals surface area contributed by atoms with Crippen LogP contribution in [0.3, 0.4) is 0 Å². The van der Waals surface area contributed by atoms with E-state index in [2.05, 4.69) is 15.9 Å². The van der Waals surface area contributed by atoms with Gasteiger partial charge in [0.2, 0.25) is 5.91 Å². The number of benzene rings is 3. The van der Waals surface area contributed by atoms with E-state index in [0.29, 0.717) is 17.7 Å². The van der Waals surface area contributed by atoms with Gasteiger partial charge >= 0.3 is 5.97 Å². The molecule has 1 aliphatic heterocycles. The maximum Gasteiger partial charge on any atom is 0.337 e. The van der Waals surface area contributed by atoms with E-state index in [-0.39, 0.29) is 5.91 Å². The molecular weight excluding hydrogens is 530 g/mol. The van der Waals surface area contributed by atoms with Gasteiger partial charge in [0, 0.05) is 15.7 Å². The highest BCUT2D eigenvalue weighted by atomic mass is 79.9. The van der Waals surface area contributed by atoms with E-state index in [1.165, 1.54) is 7.11 Å². The van der Waals surface area contributed by atoms with Gasteiger partial charge in [-0.1, -0.05) is 58.4 Å². The maximum absolute atomic E-state index is 14.5. The Hall–Kier alpha value is -4.16. The third-order valence-corrected chi connectivity index (χ3v) is 6.86. The Bertz CT molecular complexity index is 1480. The van der Waals surface area contributed by atoms with Crippen molar-refractivity contribution in [2.45, 2.75) is 12.3 Å². The van der Waals surface area contributed by atoms with Crippen LogP contribution in [0.1, 0.15) is 27.4 Å². The van der Waals surface area contributed by atoms with Gasteiger partial charge in [0.15, 0.2) is 0 Å². The number of esters is 1. The summed E-state index contributed by atoms with van der Waals surface area (Å²) >= 11 is 3.50. The van der Waals surface area contributed by atoms with E-state index in [1.54, 1.807) is 23.3 Å². The molecule has 1 aliphatic carbocycles. The highest BCUT2D eigenvalue weighted by molar-refractivity contribution is 9.10. The minimum absolute atomic E-state index is 0.0677. The molecule has 1 amide bonds. The van der Waals surface area contributed by atoms with Crippen molar-refractivity contribution < 1.29 is 18.7 Å². The zero-order valence-electron chi connectivity index (χ0n) is 20.1. The largest absolute Gasteiger partial charge is 0.465 e. The Morgan fingerprint density at radius 3 is 2.30 bits per heavy atom. The summed E-state index contributed by atoms with van der Waals surface area (Å²) < 4.78 is 11.4. The molecule has 0 aromatic heterocycles. The lowest BCUT2D eigenvalue weighted by Gasteiger charge is -2.28. The predicted molar refractivity (Wildman–Crippen MR) is 147 cm³/mol. The summed E-state index contributed by atoms with van der Waals surface area (Å²) in [6, 6.07) is 32.2. The number of methoxy groups -OCH3 is 1. The number of amides is 1. The molecule has 0 spiro atoms. The zero-order valence-corrected chi connectivity index (χ0v) is 21.7. The Labute approximate surface area is 223 Å². The van der Waals surface area contributed by atoms with E-state index >= 15 is 0 Å². The molecule has 1 heterocycles. The monoisotopic (exact) mass is 553 g/mol. The summed E-state index contributed by atoms with van der Waals surface area (Å²) in [4.78, 5) is 28.2. The van der Waals surface area contributed by atoms with Crippen LogP contribution in [0, 0.1) is 0 Å². The average molecular weight is 554 g/mol. The number of hydrogen-bond donors (Lipinski definition) is 0. The average Bonchev–Trinajstić information content (AvgIpc) is 3.36. The smallest absolute Gasteiger partial charge is 0.337 e. The minimum Gasteiger partial charge on any atom is -0.465 e. The fourth-order valence-corrected chi connectivity index (χ4v) is 4.73. The topological polar surface area (TPSA) is 59.8 Å². The molecule has 0 fully saturated rings. The van der Waals surface area contributed by atoms with E-state index in [1.807, 2.05) is 91.0 Å². The SMILES string of the molecule is COC(=O)c1ccc(CC(C(=O)N(c2ccccc2)c2ccc3occcc2-3)c2ccc(Br)cc2)cc1. The van der Waals surface area contributed by atoms with E-state index in [9.17, 15) is 9.59 Å². The summed E-state index contributed by atoms with van der Waals surface area (Å²) in [5.74, 6) is -0.231. The van der Waals surface area contributed by atoms with Crippen molar-refractivity contribution in [1.29, 1.82) is 0 Å². The second-order valence-electron chi connectivity index (χ2n) is 8.62. The Balaban J connectivity index is 1.58. The Morgan fingerprint density at radius 2 is 1.59 bits per heavy atom. The lowest BCUT2D eigenvalue weighted by molar-refractivity contribution is -0.119. The fourth-order valence-electron chi connectivity index (χ4n) is 4.47. The summed E-state index contributed by atoms with van der Waals surface area (Å²) in [5.41, 5.74) is 4.69. The zero-order chi connectivity index (χ0) is 25.8. The van der Waals surface area contributed by atoms with E-state index < -0.39 is 11.9 Å². The van der Waals surface area contributed by atoms with Crippen molar-refractivity contribution in [3.63, 3.8) is 0 Å². The summed E-state index contributed by atoms with van der Waals surface area (Å²) in [5, 5.41) is 0. The fraction of sp³-hybridized carbons (Fsp3) is 0.0968. The third-order valence-electron chi connectivity index (χ3n) is 6.33. The van der Waals surface area contributed by atoms with Crippen molar-refractivity contribution >= 4 is 39.2 Å². The number of ether oxygens (including phenoxy) is 1. The van der Waals surface area contributed by atoms with E-state index in [4.69, 9.17) is 9.15 Å². The molecule has 3 aromatic rings. The quantitative estimate of drug-likeness (QED) is 0.194. The molecule has 1 unspecified atom stereocenters. The Morgan fingerprint density at radius 1 is 0.865 bits per heavy atom. The molecule has 5 rings (SSSR count). The lowest BCUT2D eigenvalue weighted by atomic mass is 9.90. The molecule has 0 saturated heterocycles. The number of para-hydroxylation sites is 1. The summed E-state index contributed by atoms with van der Waals surface area (Å²) in [7, 11) is 1.36. The molecule has 5 nitrogen and oxygen atoms in total. The van der Waals surface area contributed by atoms with Gasteiger partial charge in [-0.25, -0.2) is 4.79 Å². The van der Waals surface area contributed by atoms with Crippen LogP contribution in [0.25, 0.3) is 11.3 Å². The van der Waals surface area contributed by atoms with Gasteiger partial charge in [-0.15, -0.1) is 0 Å². The normalized spacial score (nSPS) is 11.7. The molecule has 2 aliphatic rings. The van der Waals surface area contributed by atoms with Crippen molar-refractivity contribution in [3.8, 4) is 11.3 Å².